The van der Waals surface area contributed by atoms with Crippen molar-refractivity contribution in [3.63, 3.8) is 0 Å². The Kier molecular flexibility index (Phi) is 4.10. The number of carbonyl (C=O) groups excluding carboxylic acids is 1. The Labute approximate surface area is 146 Å². The van der Waals surface area contributed by atoms with Crippen LogP contribution in [0.1, 0.15) is 65.0 Å². The summed E-state index contributed by atoms with van der Waals surface area (Å²) >= 11 is 0. The Hall–Kier alpha value is -1.63. The number of allylic oxidation sites excluding steroid dienone is 3. The molecule has 1 aromatic carbocycles. The molecule has 0 amide bonds. The van der Waals surface area contributed by atoms with Crippen molar-refractivity contribution >= 4 is 11.9 Å². The number of benzene rings is 1. The quantitative estimate of drug-likeness (QED) is 0.628. The minimum atomic E-state index is -0.224. The Bertz CT molecular complexity index is 682. The summed E-state index contributed by atoms with van der Waals surface area (Å²) in [6.45, 7) is 11.2. The molecule has 0 aromatic heterocycles. The van der Waals surface area contributed by atoms with Gasteiger partial charge in [-0.05, 0) is 40.7 Å². The van der Waals surface area contributed by atoms with E-state index < -0.39 is 0 Å². The summed E-state index contributed by atoms with van der Waals surface area (Å²) in [7, 11) is 0. The number of Topliss-reactive ketones (excluding diaryl/α,β-unsaturated/α-hetero) is 1. The molecular formula is C23H30O. The van der Waals surface area contributed by atoms with Gasteiger partial charge in [0, 0.05) is 6.42 Å². The third-order valence-corrected chi connectivity index (χ3v) is 6.54. The van der Waals surface area contributed by atoms with Gasteiger partial charge in [0.2, 0.25) is 0 Å². The van der Waals surface area contributed by atoms with Gasteiger partial charge in [-0.2, -0.15) is 0 Å². The van der Waals surface area contributed by atoms with Crippen molar-refractivity contribution in [3.8, 4) is 0 Å². The summed E-state index contributed by atoms with van der Waals surface area (Å²) in [6, 6.07) is 8.74. The molecule has 1 aromatic rings. The van der Waals surface area contributed by atoms with E-state index in [-0.39, 0.29) is 16.2 Å². The summed E-state index contributed by atoms with van der Waals surface area (Å²) in [6.07, 6.45) is 11.5. The van der Waals surface area contributed by atoms with Crippen molar-refractivity contribution in [1.82, 2.24) is 0 Å². The van der Waals surface area contributed by atoms with Crippen LogP contribution in [-0.4, -0.2) is 5.78 Å². The molecule has 0 aliphatic heterocycles. The van der Waals surface area contributed by atoms with Crippen LogP contribution in [0.2, 0.25) is 0 Å². The Balaban J connectivity index is 1.72. The number of ketones is 1. The highest BCUT2D eigenvalue weighted by atomic mass is 16.1. The lowest BCUT2D eigenvalue weighted by molar-refractivity contribution is -0.126. The molecule has 2 aliphatic rings. The van der Waals surface area contributed by atoms with E-state index in [9.17, 15) is 4.79 Å². The molecule has 2 saturated carbocycles. The first-order valence-electron chi connectivity index (χ1n) is 9.17. The van der Waals surface area contributed by atoms with E-state index in [4.69, 9.17) is 0 Å². The maximum absolute atomic E-state index is 12.5. The molecule has 0 N–H and O–H groups in total. The van der Waals surface area contributed by atoms with Crippen LogP contribution in [0.25, 0.3) is 6.08 Å². The first-order chi connectivity index (χ1) is 11.2. The maximum atomic E-state index is 12.5. The van der Waals surface area contributed by atoms with Gasteiger partial charge in [0.1, 0.15) is 5.78 Å². The van der Waals surface area contributed by atoms with E-state index in [1.54, 1.807) is 0 Å². The second kappa shape index (κ2) is 5.72. The van der Waals surface area contributed by atoms with Crippen LogP contribution < -0.4 is 0 Å². The van der Waals surface area contributed by atoms with Gasteiger partial charge in [-0.25, -0.2) is 0 Å². The molecule has 0 radical (unpaired) electrons. The zero-order chi connectivity index (χ0) is 17.6. The third kappa shape index (κ3) is 2.68. The molecule has 0 saturated heterocycles. The molecule has 24 heavy (non-hydrogen) atoms. The minimum absolute atomic E-state index is 0.114. The average Bonchev–Trinajstić information content (AvgIpc) is 2.86. The normalized spacial score (nSPS) is 29.2. The lowest BCUT2D eigenvalue weighted by Crippen LogP contribution is -2.33. The standard InChI is InChI=1S/C23H30O/c1-21(2,3)18-11-9-17(10-12-18)8-6-7-14-23-15-13-19(16-20(23)24)22(23,4)5/h6-12,14,19H,13,15-16H2,1-5H3. The number of hydrogen-bond acceptors (Lipinski definition) is 1. The Morgan fingerprint density at radius 1 is 1.08 bits per heavy atom. The van der Waals surface area contributed by atoms with Crippen LogP contribution in [0.4, 0.5) is 0 Å². The number of fused-ring (bicyclic) bond motifs is 2. The fourth-order valence-corrected chi connectivity index (χ4v) is 4.58. The Morgan fingerprint density at radius 3 is 2.25 bits per heavy atom. The van der Waals surface area contributed by atoms with Gasteiger partial charge in [-0.3, -0.25) is 4.79 Å². The second-order valence-corrected chi connectivity index (χ2v) is 9.15. The fraction of sp³-hybridized carbons (Fsp3) is 0.522. The highest BCUT2D eigenvalue weighted by Gasteiger charge is 2.62. The van der Waals surface area contributed by atoms with Gasteiger partial charge >= 0.3 is 0 Å². The third-order valence-electron chi connectivity index (χ3n) is 6.54. The van der Waals surface area contributed by atoms with Crippen LogP contribution in [0.15, 0.2) is 42.5 Å². The molecule has 3 rings (SSSR count). The predicted octanol–water partition coefficient (Wildman–Crippen LogP) is 5.95. The Morgan fingerprint density at radius 2 is 1.75 bits per heavy atom. The molecular weight excluding hydrogens is 292 g/mol. The van der Waals surface area contributed by atoms with Gasteiger partial charge in [-0.15, -0.1) is 0 Å². The zero-order valence-corrected chi connectivity index (χ0v) is 15.7. The van der Waals surface area contributed by atoms with E-state index >= 15 is 0 Å². The van der Waals surface area contributed by atoms with Gasteiger partial charge in [-0.1, -0.05) is 83.2 Å². The first kappa shape index (κ1) is 17.2. The molecule has 128 valence electrons. The summed E-state index contributed by atoms with van der Waals surface area (Å²) in [5, 5.41) is 0. The summed E-state index contributed by atoms with van der Waals surface area (Å²) in [5.41, 5.74) is 2.63. The van der Waals surface area contributed by atoms with E-state index in [0.29, 0.717) is 11.7 Å². The molecule has 2 aliphatic carbocycles. The second-order valence-electron chi connectivity index (χ2n) is 9.15. The highest BCUT2D eigenvalue weighted by Crippen LogP contribution is 2.64. The molecule has 0 spiro atoms. The summed E-state index contributed by atoms with van der Waals surface area (Å²) < 4.78 is 0. The van der Waals surface area contributed by atoms with Crippen molar-refractivity contribution in [1.29, 1.82) is 0 Å². The average molecular weight is 322 g/mol. The van der Waals surface area contributed by atoms with E-state index in [1.807, 2.05) is 0 Å². The lowest BCUT2D eigenvalue weighted by atomic mass is 9.69. The van der Waals surface area contributed by atoms with Gasteiger partial charge in [0.15, 0.2) is 0 Å². The molecule has 1 nitrogen and oxygen atoms in total. The topological polar surface area (TPSA) is 17.1 Å². The molecule has 2 atom stereocenters. The lowest BCUT2D eigenvalue weighted by Gasteiger charge is -2.33. The van der Waals surface area contributed by atoms with Crippen LogP contribution in [-0.2, 0) is 10.2 Å². The van der Waals surface area contributed by atoms with Gasteiger partial charge in [0.25, 0.3) is 0 Å². The van der Waals surface area contributed by atoms with Crippen molar-refractivity contribution in [3.05, 3.63) is 53.6 Å². The molecule has 2 fully saturated rings. The zero-order valence-electron chi connectivity index (χ0n) is 15.7. The highest BCUT2D eigenvalue weighted by molar-refractivity contribution is 5.91. The molecule has 2 unspecified atom stereocenters. The van der Waals surface area contributed by atoms with Crippen LogP contribution in [0.5, 0.6) is 0 Å². The van der Waals surface area contributed by atoms with Crippen molar-refractivity contribution in [2.24, 2.45) is 16.7 Å². The molecule has 2 bridgehead atoms. The number of rotatable bonds is 3. The predicted molar refractivity (Wildman–Crippen MR) is 102 cm³/mol. The minimum Gasteiger partial charge on any atom is -0.299 e. The SMILES string of the molecule is CC(C)(C)c1ccc(C=CC=CC23CCC(CC2=O)C3(C)C)cc1. The van der Waals surface area contributed by atoms with Crippen LogP contribution in [0.3, 0.4) is 0 Å². The van der Waals surface area contributed by atoms with E-state index in [1.165, 1.54) is 17.5 Å². The largest absolute Gasteiger partial charge is 0.299 e. The molecule has 0 heterocycles. The first-order valence-corrected chi connectivity index (χ1v) is 9.17. The molecule has 1 heteroatoms. The van der Waals surface area contributed by atoms with E-state index in [0.717, 1.165) is 12.8 Å². The van der Waals surface area contributed by atoms with Crippen molar-refractivity contribution in [2.45, 2.75) is 59.3 Å². The number of carbonyl (C=O) groups is 1. The van der Waals surface area contributed by atoms with Crippen LogP contribution in [0, 0.1) is 16.7 Å². The number of hydrogen-bond donors (Lipinski definition) is 0. The maximum Gasteiger partial charge on any atom is 0.143 e. The van der Waals surface area contributed by atoms with Crippen molar-refractivity contribution in [2.75, 3.05) is 0 Å². The summed E-state index contributed by atoms with van der Waals surface area (Å²) in [4.78, 5) is 12.5. The van der Waals surface area contributed by atoms with Gasteiger partial charge in [0.05, 0.1) is 5.41 Å². The van der Waals surface area contributed by atoms with Crippen molar-refractivity contribution < 1.29 is 4.79 Å². The van der Waals surface area contributed by atoms with Crippen LogP contribution >= 0.6 is 0 Å². The monoisotopic (exact) mass is 322 g/mol. The smallest absolute Gasteiger partial charge is 0.143 e. The fourth-order valence-electron chi connectivity index (χ4n) is 4.58. The van der Waals surface area contributed by atoms with Gasteiger partial charge < -0.3 is 0 Å². The summed E-state index contributed by atoms with van der Waals surface area (Å²) in [5.74, 6) is 1.02. The van der Waals surface area contributed by atoms with E-state index in [2.05, 4.69) is 83.2 Å².